The van der Waals surface area contributed by atoms with E-state index in [9.17, 15) is 9.59 Å². The molecule has 1 N–H and O–H groups in total. The van der Waals surface area contributed by atoms with Crippen molar-refractivity contribution in [3.8, 4) is 0 Å². The summed E-state index contributed by atoms with van der Waals surface area (Å²) in [5.74, 6) is 0.135. The first-order valence-electron chi connectivity index (χ1n) is 5.16. The van der Waals surface area contributed by atoms with Crippen molar-refractivity contribution in [2.24, 2.45) is 0 Å². The second-order valence-corrected chi connectivity index (χ2v) is 4.44. The third kappa shape index (κ3) is 3.32. The molecule has 4 heteroatoms. The van der Waals surface area contributed by atoms with E-state index in [1.54, 1.807) is 6.08 Å². The lowest BCUT2D eigenvalue weighted by molar-refractivity contribution is -0.116. The van der Waals surface area contributed by atoms with Crippen LogP contribution in [-0.2, 0) is 4.79 Å². The third-order valence-corrected chi connectivity index (χ3v) is 3.07. The van der Waals surface area contributed by atoms with E-state index in [2.05, 4.69) is 5.32 Å². The molecular weight excluding hydrogens is 234 g/mol. The van der Waals surface area contributed by atoms with Crippen molar-refractivity contribution in [1.82, 2.24) is 5.32 Å². The topological polar surface area (TPSA) is 46.2 Å². The quantitative estimate of drug-likeness (QED) is 0.815. The summed E-state index contributed by atoms with van der Waals surface area (Å²) >= 11 is 1.10. The zero-order valence-corrected chi connectivity index (χ0v) is 9.87. The lowest BCUT2D eigenvalue weighted by Gasteiger charge is -2.11. The Morgan fingerprint density at radius 2 is 1.94 bits per heavy atom. The van der Waals surface area contributed by atoms with Crippen LogP contribution in [0.4, 0.5) is 4.79 Å². The molecule has 2 amide bonds. The number of thioether (sulfide) groups is 1. The van der Waals surface area contributed by atoms with Crippen LogP contribution in [0.1, 0.15) is 5.56 Å². The van der Waals surface area contributed by atoms with Gasteiger partial charge in [-0.2, -0.15) is 0 Å². The van der Waals surface area contributed by atoms with Gasteiger partial charge in [-0.25, -0.2) is 0 Å². The molecule has 0 saturated carbocycles. The summed E-state index contributed by atoms with van der Waals surface area (Å²) < 4.78 is 0. The van der Waals surface area contributed by atoms with Crippen LogP contribution in [0.3, 0.4) is 0 Å². The minimum atomic E-state index is -0.300. The van der Waals surface area contributed by atoms with Crippen molar-refractivity contribution >= 4 is 29.0 Å². The van der Waals surface area contributed by atoms with E-state index in [0.717, 1.165) is 17.3 Å². The monoisotopic (exact) mass is 245 g/mol. The maximum Gasteiger partial charge on any atom is 0.286 e. The SMILES string of the molecule is O=C1NC(=O)/C(=C/C=C/c2ccccc2)CS1. The zero-order valence-electron chi connectivity index (χ0n) is 9.05. The fraction of sp³-hybridized carbons (Fsp3) is 0.0769. The number of rotatable bonds is 2. The van der Waals surface area contributed by atoms with Gasteiger partial charge in [0, 0.05) is 11.3 Å². The summed E-state index contributed by atoms with van der Waals surface area (Å²) in [5.41, 5.74) is 1.69. The van der Waals surface area contributed by atoms with Crippen molar-refractivity contribution in [1.29, 1.82) is 0 Å². The first-order chi connectivity index (χ1) is 8.25. The van der Waals surface area contributed by atoms with Crippen molar-refractivity contribution < 1.29 is 9.59 Å². The van der Waals surface area contributed by atoms with Gasteiger partial charge in [-0.05, 0) is 5.56 Å². The number of hydrogen-bond donors (Lipinski definition) is 1. The fourth-order valence-corrected chi connectivity index (χ4v) is 2.06. The van der Waals surface area contributed by atoms with Crippen molar-refractivity contribution in [3.63, 3.8) is 0 Å². The maximum absolute atomic E-state index is 11.4. The first-order valence-corrected chi connectivity index (χ1v) is 6.14. The van der Waals surface area contributed by atoms with Gasteiger partial charge in [0.15, 0.2) is 0 Å². The highest BCUT2D eigenvalue weighted by atomic mass is 32.2. The Kier molecular flexibility index (Phi) is 3.77. The molecule has 0 unspecified atom stereocenters. The van der Waals surface area contributed by atoms with Crippen LogP contribution >= 0.6 is 11.8 Å². The molecule has 1 aliphatic heterocycles. The van der Waals surface area contributed by atoms with Crippen molar-refractivity contribution in [3.05, 3.63) is 53.6 Å². The van der Waals surface area contributed by atoms with Crippen molar-refractivity contribution in [2.75, 3.05) is 5.75 Å². The van der Waals surface area contributed by atoms with E-state index < -0.39 is 0 Å². The zero-order chi connectivity index (χ0) is 12.1. The van der Waals surface area contributed by atoms with Gasteiger partial charge in [0.25, 0.3) is 11.1 Å². The van der Waals surface area contributed by atoms with E-state index in [0.29, 0.717) is 11.3 Å². The molecule has 0 aromatic heterocycles. The Morgan fingerprint density at radius 3 is 2.65 bits per heavy atom. The number of benzene rings is 1. The van der Waals surface area contributed by atoms with E-state index in [4.69, 9.17) is 0 Å². The number of amides is 2. The largest absolute Gasteiger partial charge is 0.286 e. The van der Waals surface area contributed by atoms with Crippen LogP contribution in [0.15, 0.2) is 48.1 Å². The molecule has 1 aromatic carbocycles. The lowest BCUT2D eigenvalue weighted by Crippen LogP contribution is -2.33. The highest BCUT2D eigenvalue weighted by molar-refractivity contribution is 8.13. The summed E-state index contributed by atoms with van der Waals surface area (Å²) in [6, 6.07) is 9.82. The minimum Gasteiger partial charge on any atom is -0.283 e. The van der Waals surface area contributed by atoms with Crippen LogP contribution in [0.2, 0.25) is 0 Å². The number of hydrogen-bond acceptors (Lipinski definition) is 3. The van der Waals surface area contributed by atoms with Gasteiger partial charge in [0.2, 0.25) is 0 Å². The number of allylic oxidation sites excluding steroid dienone is 2. The average Bonchev–Trinajstić information content (AvgIpc) is 2.33. The van der Waals surface area contributed by atoms with E-state index in [-0.39, 0.29) is 11.1 Å². The summed E-state index contributed by atoms with van der Waals surface area (Å²) in [4.78, 5) is 22.3. The smallest absolute Gasteiger partial charge is 0.283 e. The van der Waals surface area contributed by atoms with Crippen LogP contribution in [0, 0.1) is 0 Å². The summed E-state index contributed by atoms with van der Waals surface area (Å²) in [7, 11) is 0. The Labute approximate surface area is 104 Å². The van der Waals surface area contributed by atoms with E-state index in [1.807, 2.05) is 42.5 Å². The van der Waals surface area contributed by atoms with Crippen LogP contribution in [0.25, 0.3) is 6.08 Å². The van der Waals surface area contributed by atoms with Gasteiger partial charge in [-0.3, -0.25) is 14.9 Å². The number of imide groups is 1. The molecule has 0 spiro atoms. The first kappa shape index (κ1) is 11.7. The molecule has 1 heterocycles. The van der Waals surface area contributed by atoms with Crippen molar-refractivity contribution in [2.45, 2.75) is 0 Å². The van der Waals surface area contributed by atoms with Crippen LogP contribution in [-0.4, -0.2) is 16.9 Å². The van der Waals surface area contributed by atoms with E-state index in [1.165, 1.54) is 0 Å². The van der Waals surface area contributed by atoms with Gasteiger partial charge in [0.1, 0.15) is 0 Å². The van der Waals surface area contributed by atoms with Gasteiger partial charge < -0.3 is 0 Å². The molecule has 3 nitrogen and oxygen atoms in total. The second kappa shape index (κ2) is 5.50. The molecule has 2 rings (SSSR count). The van der Waals surface area contributed by atoms with Gasteiger partial charge in [-0.15, -0.1) is 0 Å². The second-order valence-electron chi connectivity index (χ2n) is 3.49. The predicted molar refractivity (Wildman–Crippen MR) is 69.6 cm³/mol. The molecule has 17 heavy (non-hydrogen) atoms. The Bertz CT molecular complexity index is 491. The molecule has 0 bridgehead atoms. The Balaban J connectivity index is 2.03. The molecule has 0 radical (unpaired) electrons. The fourth-order valence-electron chi connectivity index (χ4n) is 1.38. The number of carbonyl (C=O) groups is 2. The van der Waals surface area contributed by atoms with Gasteiger partial charge in [-0.1, -0.05) is 60.3 Å². The van der Waals surface area contributed by atoms with Gasteiger partial charge in [0.05, 0.1) is 0 Å². The molecule has 0 aliphatic carbocycles. The summed E-state index contributed by atoms with van der Waals surface area (Å²) in [5, 5.41) is 1.98. The van der Waals surface area contributed by atoms with Crippen LogP contribution in [0.5, 0.6) is 0 Å². The predicted octanol–water partition coefficient (Wildman–Crippen LogP) is 2.61. The number of nitrogens with one attached hydrogen (secondary N) is 1. The molecule has 0 atom stereocenters. The molecule has 86 valence electrons. The average molecular weight is 245 g/mol. The minimum absolute atomic E-state index is 0.279. The normalized spacial score (nSPS) is 18.7. The van der Waals surface area contributed by atoms with Crippen LogP contribution < -0.4 is 5.32 Å². The summed E-state index contributed by atoms with van der Waals surface area (Å²) in [6.45, 7) is 0. The lowest BCUT2D eigenvalue weighted by atomic mass is 10.2. The van der Waals surface area contributed by atoms with Gasteiger partial charge >= 0.3 is 0 Å². The highest BCUT2D eigenvalue weighted by Gasteiger charge is 2.19. The maximum atomic E-state index is 11.4. The molecular formula is C13H11NO2S. The highest BCUT2D eigenvalue weighted by Crippen LogP contribution is 2.15. The molecule has 1 fully saturated rings. The third-order valence-electron chi connectivity index (χ3n) is 2.25. The molecule has 1 aliphatic rings. The Morgan fingerprint density at radius 1 is 1.18 bits per heavy atom. The standard InChI is InChI=1S/C13H11NO2S/c15-12-11(9-17-13(16)14-12)8-4-7-10-5-2-1-3-6-10/h1-8H,9H2,(H,14,15,16)/b7-4+,11-8+. The summed E-state index contributed by atoms with van der Waals surface area (Å²) in [6.07, 6.45) is 5.48. The number of carbonyl (C=O) groups excluding carboxylic acids is 2. The molecule has 1 aromatic rings. The molecule has 1 saturated heterocycles. The van der Waals surface area contributed by atoms with E-state index >= 15 is 0 Å². The Hall–Kier alpha value is -1.81.